The molecule has 0 aromatic rings. The van der Waals surface area contributed by atoms with E-state index in [0.29, 0.717) is 72.2 Å². The number of hydrogen-bond acceptors (Lipinski definition) is 8. The van der Waals surface area contributed by atoms with Gasteiger partial charge < -0.3 is 24.3 Å². The average molecular weight is 432 g/mol. The summed E-state index contributed by atoms with van der Waals surface area (Å²) in [5, 5.41) is 10.5. The molecule has 2 rings (SSSR count). The summed E-state index contributed by atoms with van der Waals surface area (Å²) in [6.07, 6.45) is 0.605. The number of likely N-dealkylation sites (tertiary alicyclic amines) is 1. The number of carbonyl (C=O) groups excluding carboxylic acids is 3. The van der Waals surface area contributed by atoms with Gasteiger partial charge in [0.25, 0.3) is 0 Å². The molecule has 2 aliphatic rings. The van der Waals surface area contributed by atoms with Crippen molar-refractivity contribution in [3.05, 3.63) is 0 Å². The second kappa shape index (κ2) is 15.2. The Morgan fingerprint density at radius 1 is 0.933 bits per heavy atom. The number of rotatable bonds is 12. The number of hydroxylamine groups is 2. The monoisotopic (exact) mass is 431 g/mol. The van der Waals surface area contributed by atoms with Crippen molar-refractivity contribution in [2.75, 3.05) is 72.4 Å². The Bertz CT molecular complexity index is 525. The molecule has 1 unspecified atom stereocenters. The van der Waals surface area contributed by atoms with Gasteiger partial charge >= 0.3 is 0 Å². The molecule has 174 valence electrons. The van der Waals surface area contributed by atoms with Crippen molar-refractivity contribution in [3.8, 4) is 0 Å². The molecule has 1 atom stereocenters. The lowest BCUT2D eigenvalue weighted by atomic mass is 10.1. The van der Waals surface area contributed by atoms with E-state index in [-0.39, 0.29) is 36.6 Å². The maximum Gasteiger partial charge on any atom is 0.232 e. The molecular formula is C20H37N3O7. The molecule has 0 spiro atoms. The Balaban J connectivity index is 0.00000218. The zero-order valence-corrected chi connectivity index (χ0v) is 18.5. The van der Waals surface area contributed by atoms with Gasteiger partial charge in [-0.05, 0) is 0 Å². The third-order valence-corrected chi connectivity index (χ3v) is 4.74. The van der Waals surface area contributed by atoms with Crippen LogP contribution in [0, 0.1) is 5.92 Å². The van der Waals surface area contributed by atoms with E-state index in [1.54, 1.807) is 11.8 Å². The lowest BCUT2D eigenvalue weighted by Gasteiger charge is -2.31. The van der Waals surface area contributed by atoms with Crippen LogP contribution in [0.1, 0.15) is 33.6 Å². The quantitative estimate of drug-likeness (QED) is 0.349. The smallest absolute Gasteiger partial charge is 0.232 e. The molecule has 30 heavy (non-hydrogen) atoms. The molecule has 1 N–H and O–H groups in total. The van der Waals surface area contributed by atoms with Gasteiger partial charge in [0.2, 0.25) is 17.7 Å². The first-order chi connectivity index (χ1) is 14.5. The van der Waals surface area contributed by atoms with Crippen LogP contribution in [0.3, 0.4) is 0 Å². The van der Waals surface area contributed by atoms with Crippen molar-refractivity contribution in [2.24, 2.45) is 5.92 Å². The highest BCUT2D eigenvalue weighted by Crippen LogP contribution is 2.17. The summed E-state index contributed by atoms with van der Waals surface area (Å²) in [7, 11) is 0. The first-order valence-corrected chi connectivity index (χ1v) is 10.8. The van der Waals surface area contributed by atoms with Gasteiger partial charge in [0.1, 0.15) is 0 Å². The number of nitrogens with zero attached hydrogens (tertiary/aromatic N) is 3. The standard InChI is InChI=1S/C18H31N3O7.C2H6/c1-15-14-17(23)21(18(15)24)7-9-27-11-13-28-12-10-26-8-2-16(22)19-3-5-20(25)6-4-19;1-2/h15,25H,2-14H2,1H3;1-2H3. The average Bonchev–Trinajstić information content (AvgIpc) is 2.99. The van der Waals surface area contributed by atoms with Crippen LogP contribution < -0.4 is 0 Å². The lowest BCUT2D eigenvalue weighted by molar-refractivity contribution is -0.147. The van der Waals surface area contributed by atoms with Crippen molar-refractivity contribution in [3.63, 3.8) is 0 Å². The second-order valence-corrected chi connectivity index (χ2v) is 6.91. The first kappa shape index (κ1) is 26.4. The predicted molar refractivity (Wildman–Crippen MR) is 109 cm³/mol. The van der Waals surface area contributed by atoms with Crippen molar-refractivity contribution in [1.82, 2.24) is 14.9 Å². The topological polar surface area (TPSA) is 109 Å². The molecule has 2 saturated heterocycles. The molecule has 3 amide bonds. The number of hydrogen-bond donors (Lipinski definition) is 1. The Labute approximate surface area is 179 Å². The number of piperazine rings is 1. The van der Waals surface area contributed by atoms with Crippen LogP contribution in [0.2, 0.25) is 0 Å². The zero-order chi connectivity index (χ0) is 22.4. The van der Waals surface area contributed by atoms with E-state index >= 15 is 0 Å². The highest BCUT2D eigenvalue weighted by molar-refractivity contribution is 6.03. The highest BCUT2D eigenvalue weighted by Gasteiger charge is 2.34. The van der Waals surface area contributed by atoms with E-state index in [2.05, 4.69) is 0 Å². The SMILES string of the molecule is CC.CC1CC(=O)N(CCOCCOCCOCCC(=O)N2CCN(O)CC2)C1=O. The van der Waals surface area contributed by atoms with Gasteiger partial charge in [0.05, 0.1) is 52.6 Å². The van der Waals surface area contributed by atoms with Gasteiger partial charge in [-0.2, -0.15) is 5.06 Å². The summed E-state index contributed by atoms with van der Waals surface area (Å²) in [5.74, 6) is -0.455. The van der Waals surface area contributed by atoms with Crippen LogP contribution in [-0.4, -0.2) is 110 Å². The molecular weight excluding hydrogens is 394 g/mol. The Morgan fingerprint density at radius 2 is 1.47 bits per heavy atom. The fourth-order valence-electron chi connectivity index (χ4n) is 3.04. The second-order valence-electron chi connectivity index (χ2n) is 6.91. The van der Waals surface area contributed by atoms with Gasteiger partial charge in [-0.25, -0.2) is 0 Å². The minimum atomic E-state index is -0.225. The summed E-state index contributed by atoms with van der Waals surface area (Å²) in [4.78, 5) is 38.3. The van der Waals surface area contributed by atoms with Crippen molar-refractivity contribution in [1.29, 1.82) is 0 Å². The number of amides is 3. The van der Waals surface area contributed by atoms with Gasteiger partial charge in [-0.3, -0.25) is 19.3 Å². The zero-order valence-electron chi connectivity index (χ0n) is 18.5. The molecule has 10 heteroatoms. The van der Waals surface area contributed by atoms with E-state index < -0.39 is 0 Å². The van der Waals surface area contributed by atoms with E-state index in [4.69, 9.17) is 14.2 Å². The Morgan fingerprint density at radius 3 is 2.00 bits per heavy atom. The Kier molecular flexibility index (Phi) is 13.4. The normalized spacial score (nSPS) is 19.8. The summed E-state index contributed by atoms with van der Waals surface area (Å²) in [6, 6.07) is 0. The van der Waals surface area contributed by atoms with Crippen molar-refractivity contribution >= 4 is 17.7 Å². The fraction of sp³-hybridized carbons (Fsp3) is 0.850. The molecule has 0 radical (unpaired) electrons. The van der Waals surface area contributed by atoms with Crippen LogP contribution >= 0.6 is 0 Å². The molecule has 0 aromatic carbocycles. The minimum absolute atomic E-state index is 0.0341. The van der Waals surface area contributed by atoms with E-state index in [1.807, 2.05) is 13.8 Å². The summed E-state index contributed by atoms with van der Waals surface area (Å²) >= 11 is 0. The first-order valence-electron chi connectivity index (χ1n) is 10.8. The predicted octanol–water partition coefficient (Wildman–Crippen LogP) is 0.381. The number of ether oxygens (including phenoxy) is 3. The minimum Gasteiger partial charge on any atom is -0.379 e. The third kappa shape index (κ3) is 9.48. The largest absolute Gasteiger partial charge is 0.379 e. The third-order valence-electron chi connectivity index (χ3n) is 4.74. The molecule has 2 aliphatic heterocycles. The summed E-state index contributed by atoms with van der Waals surface area (Å²) < 4.78 is 16.1. The van der Waals surface area contributed by atoms with Gasteiger partial charge in [-0.1, -0.05) is 20.8 Å². The molecule has 0 bridgehead atoms. The van der Waals surface area contributed by atoms with Crippen LogP contribution in [0.25, 0.3) is 0 Å². The van der Waals surface area contributed by atoms with Crippen LogP contribution in [0.4, 0.5) is 0 Å². The molecule has 2 heterocycles. The van der Waals surface area contributed by atoms with Crippen molar-refractivity contribution < 1.29 is 33.8 Å². The van der Waals surface area contributed by atoms with Crippen LogP contribution in [0.15, 0.2) is 0 Å². The van der Waals surface area contributed by atoms with Gasteiger partial charge in [0.15, 0.2) is 0 Å². The lowest BCUT2D eigenvalue weighted by Crippen LogP contribution is -2.47. The fourth-order valence-corrected chi connectivity index (χ4v) is 3.04. The van der Waals surface area contributed by atoms with Crippen molar-refractivity contribution in [2.45, 2.75) is 33.6 Å². The summed E-state index contributed by atoms with van der Waals surface area (Å²) in [5.41, 5.74) is 0. The van der Waals surface area contributed by atoms with Crippen LogP contribution in [0.5, 0.6) is 0 Å². The summed E-state index contributed by atoms with van der Waals surface area (Å²) in [6.45, 7) is 10.3. The Hall–Kier alpha value is -1.59. The highest BCUT2D eigenvalue weighted by atomic mass is 16.5. The van der Waals surface area contributed by atoms with E-state index in [9.17, 15) is 19.6 Å². The maximum atomic E-state index is 11.9. The molecule has 10 nitrogen and oxygen atoms in total. The molecule has 0 saturated carbocycles. The molecule has 2 fully saturated rings. The molecule has 0 aliphatic carbocycles. The van der Waals surface area contributed by atoms with E-state index in [1.165, 1.54) is 9.96 Å². The van der Waals surface area contributed by atoms with Gasteiger partial charge in [0, 0.05) is 38.5 Å². The molecule has 0 aromatic heterocycles. The number of imide groups is 1. The van der Waals surface area contributed by atoms with E-state index in [0.717, 1.165) is 0 Å². The maximum absolute atomic E-state index is 11.9. The number of carbonyl (C=O) groups is 3. The van der Waals surface area contributed by atoms with Crippen LogP contribution in [-0.2, 0) is 28.6 Å². The van der Waals surface area contributed by atoms with Gasteiger partial charge in [-0.15, -0.1) is 0 Å².